The van der Waals surface area contributed by atoms with Gasteiger partial charge in [0.1, 0.15) is 15.6 Å². The molecular weight excluding hydrogens is 310 g/mol. The summed E-state index contributed by atoms with van der Waals surface area (Å²) in [5, 5.41) is 7.15. The monoisotopic (exact) mass is 325 g/mol. The van der Waals surface area contributed by atoms with E-state index in [1.807, 2.05) is 24.3 Å². The summed E-state index contributed by atoms with van der Waals surface area (Å²) in [6.45, 7) is 0.517. The summed E-state index contributed by atoms with van der Waals surface area (Å²) < 4.78 is 5.28. The third kappa shape index (κ3) is 3.22. The second kappa shape index (κ2) is 6.69. The number of carbonyl (C=O) groups excluding carboxylic acids is 1. The first-order valence-electron chi connectivity index (χ1n) is 6.24. The molecule has 0 spiro atoms. The number of hydrogen-bond acceptors (Lipinski definition) is 5. The number of methoxy groups -OCH3 is 1. The third-order valence-electron chi connectivity index (χ3n) is 2.93. The number of ether oxygens (including phenoxy) is 1. The van der Waals surface area contributed by atoms with E-state index < -0.39 is 0 Å². The maximum Gasteiger partial charge on any atom is 0.263 e. The number of nitrogens with two attached hydrogens (primary N) is 1. The fourth-order valence-electron chi connectivity index (χ4n) is 1.85. The number of halogens is 1. The summed E-state index contributed by atoms with van der Waals surface area (Å²) >= 11 is 7.37. The quantitative estimate of drug-likeness (QED) is 0.790. The van der Waals surface area contributed by atoms with Gasteiger partial charge in [-0.2, -0.15) is 0 Å². The lowest BCUT2D eigenvalue weighted by Crippen LogP contribution is -2.17. The lowest BCUT2D eigenvalue weighted by molar-refractivity contribution is 0.0967. The van der Waals surface area contributed by atoms with Crippen LogP contribution in [-0.2, 0) is 6.54 Å². The molecule has 5 nitrogen and oxygen atoms in total. The SMILES string of the molecule is CNC(=O)c1sc(NCc2ccccc2Cl)c(OC)c1N. The van der Waals surface area contributed by atoms with Crippen LogP contribution in [0.5, 0.6) is 5.75 Å². The van der Waals surface area contributed by atoms with Crippen LogP contribution < -0.4 is 21.1 Å². The number of nitrogens with one attached hydrogen (secondary N) is 2. The Hall–Kier alpha value is -1.92. The molecule has 0 radical (unpaired) electrons. The van der Waals surface area contributed by atoms with E-state index in [0.29, 0.717) is 32.9 Å². The number of nitrogen functional groups attached to an aromatic ring is 1. The number of hydrogen-bond donors (Lipinski definition) is 3. The number of thiophene rings is 1. The summed E-state index contributed by atoms with van der Waals surface area (Å²) in [5.74, 6) is 0.243. The fourth-order valence-corrected chi connectivity index (χ4v) is 3.08. The van der Waals surface area contributed by atoms with Crippen molar-refractivity contribution >= 4 is 39.5 Å². The van der Waals surface area contributed by atoms with Crippen LogP contribution in [0.4, 0.5) is 10.7 Å². The molecule has 1 aromatic heterocycles. The van der Waals surface area contributed by atoms with Gasteiger partial charge in [0.05, 0.1) is 7.11 Å². The van der Waals surface area contributed by atoms with Gasteiger partial charge in [-0.3, -0.25) is 4.79 Å². The molecule has 0 aliphatic heterocycles. The highest BCUT2D eigenvalue weighted by molar-refractivity contribution is 7.19. The fraction of sp³-hybridized carbons (Fsp3) is 0.214. The van der Waals surface area contributed by atoms with Gasteiger partial charge < -0.3 is 21.1 Å². The van der Waals surface area contributed by atoms with Crippen LogP contribution in [0.15, 0.2) is 24.3 Å². The van der Waals surface area contributed by atoms with Crippen molar-refractivity contribution in [2.75, 3.05) is 25.2 Å². The number of rotatable bonds is 5. The summed E-state index contributed by atoms with van der Waals surface area (Å²) in [6, 6.07) is 7.55. The molecule has 0 fully saturated rings. The maximum absolute atomic E-state index is 11.8. The molecule has 2 aromatic rings. The van der Waals surface area contributed by atoms with Crippen molar-refractivity contribution in [1.82, 2.24) is 5.32 Å². The van der Waals surface area contributed by atoms with Crippen LogP contribution in [0.3, 0.4) is 0 Å². The second-order valence-electron chi connectivity index (χ2n) is 4.23. The van der Waals surface area contributed by atoms with Gasteiger partial charge in [-0.05, 0) is 11.6 Å². The number of carbonyl (C=O) groups is 1. The standard InChI is InChI=1S/C14H16ClN3O2S/c1-17-13(19)12-10(16)11(20-2)14(21-12)18-7-8-5-3-4-6-9(8)15/h3-6,18H,7,16H2,1-2H3,(H,17,19). The largest absolute Gasteiger partial charge is 0.492 e. The zero-order valence-corrected chi connectivity index (χ0v) is 13.3. The van der Waals surface area contributed by atoms with Gasteiger partial charge in [-0.25, -0.2) is 0 Å². The third-order valence-corrected chi connectivity index (χ3v) is 4.45. The molecule has 2 rings (SSSR count). The highest BCUT2D eigenvalue weighted by Crippen LogP contribution is 2.42. The lowest BCUT2D eigenvalue weighted by Gasteiger charge is -2.08. The first-order valence-corrected chi connectivity index (χ1v) is 7.43. The van der Waals surface area contributed by atoms with Crippen molar-refractivity contribution in [3.8, 4) is 5.75 Å². The van der Waals surface area contributed by atoms with Crippen LogP contribution in [0, 0.1) is 0 Å². The van der Waals surface area contributed by atoms with Crippen molar-refractivity contribution in [2.24, 2.45) is 0 Å². The predicted molar refractivity (Wildman–Crippen MR) is 87.5 cm³/mol. The van der Waals surface area contributed by atoms with Crippen molar-refractivity contribution in [3.05, 3.63) is 39.7 Å². The van der Waals surface area contributed by atoms with Gasteiger partial charge in [-0.15, -0.1) is 11.3 Å². The lowest BCUT2D eigenvalue weighted by atomic mass is 10.2. The second-order valence-corrected chi connectivity index (χ2v) is 5.66. The van der Waals surface area contributed by atoms with E-state index in [1.165, 1.54) is 18.4 Å². The van der Waals surface area contributed by atoms with Gasteiger partial charge in [-0.1, -0.05) is 29.8 Å². The Morgan fingerprint density at radius 2 is 2.14 bits per heavy atom. The molecular formula is C14H16ClN3O2S. The molecule has 1 amide bonds. The molecule has 0 bridgehead atoms. The minimum absolute atomic E-state index is 0.235. The minimum atomic E-state index is -0.235. The maximum atomic E-state index is 11.8. The highest BCUT2D eigenvalue weighted by Gasteiger charge is 2.21. The summed E-state index contributed by atoms with van der Waals surface area (Å²) in [5.41, 5.74) is 7.24. The molecule has 112 valence electrons. The summed E-state index contributed by atoms with van der Waals surface area (Å²) in [6.07, 6.45) is 0. The van der Waals surface area contributed by atoms with Crippen molar-refractivity contribution in [1.29, 1.82) is 0 Å². The van der Waals surface area contributed by atoms with Gasteiger partial charge in [0.2, 0.25) is 0 Å². The zero-order valence-electron chi connectivity index (χ0n) is 11.7. The Bertz CT molecular complexity index is 658. The number of benzene rings is 1. The van der Waals surface area contributed by atoms with E-state index in [2.05, 4.69) is 10.6 Å². The van der Waals surface area contributed by atoms with Crippen LogP contribution in [0.25, 0.3) is 0 Å². The van der Waals surface area contributed by atoms with E-state index in [9.17, 15) is 4.79 Å². The highest BCUT2D eigenvalue weighted by atomic mass is 35.5. The molecule has 1 heterocycles. The summed E-state index contributed by atoms with van der Waals surface area (Å²) in [7, 11) is 3.08. The molecule has 0 aliphatic carbocycles. The Morgan fingerprint density at radius 1 is 1.43 bits per heavy atom. The molecule has 0 atom stereocenters. The predicted octanol–water partition coefficient (Wildman–Crippen LogP) is 2.96. The van der Waals surface area contributed by atoms with Crippen molar-refractivity contribution < 1.29 is 9.53 Å². The van der Waals surface area contributed by atoms with Gasteiger partial charge >= 0.3 is 0 Å². The Balaban J connectivity index is 2.24. The van der Waals surface area contributed by atoms with E-state index in [-0.39, 0.29) is 5.91 Å². The minimum Gasteiger partial charge on any atom is -0.492 e. The molecule has 7 heteroatoms. The van der Waals surface area contributed by atoms with Gasteiger partial charge in [0.25, 0.3) is 5.91 Å². The summed E-state index contributed by atoms with van der Waals surface area (Å²) in [4.78, 5) is 12.2. The Kier molecular flexibility index (Phi) is 4.93. The first kappa shape index (κ1) is 15.5. The molecule has 0 aliphatic rings. The van der Waals surface area contributed by atoms with Crippen LogP contribution >= 0.6 is 22.9 Å². The molecule has 0 saturated heterocycles. The normalized spacial score (nSPS) is 10.2. The van der Waals surface area contributed by atoms with Gasteiger partial charge in [0, 0.05) is 18.6 Å². The van der Waals surface area contributed by atoms with E-state index in [0.717, 1.165) is 5.56 Å². The van der Waals surface area contributed by atoms with E-state index >= 15 is 0 Å². The van der Waals surface area contributed by atoms with Gasteiger partial charge in [0.15, 0.2) is 5.75 Å². The van der Waals surface area contributed by atoms with Crippen LogP contribution in [0.1, 0.15) is 15.2 Å². The van der Waals surface area contributed by atoms with Crippen LogP contribution in [0.2, 0.25) is 5.02 Å². The molecule has 0 unspecified atom stereocenters. The average molecular weight is 326 g/mol. The molecule has 21 heavy (non-hydrogen) atoms. The van der Waals surface area contributed by atoms with Crippen molar-refractivity contribution in [2.45, 2.75) is 6.54 Å². The Labute approximate surface area is 132 Å². The topological polar surface area (TPSA) is 76.4 Å². The van der Waals surface area contributed by atoms with E-state index in [1.54, 1.807) is 7.05 Å². The molecule has 0 saturated carbocycles. The molecule has 4 N–H and O–H groups in total. The van der Waals surface area contributed by atoms with E-state index in [4.69, 9.17) is 22.1 Å². The smallest absolute Gasteiger partial charge is 0.263 e. The number of amides is 1. The van der Waals surface area contributed by atoms with Crippen molar-refractivity contribution in [3.63, 3.8) is 0 Å². The first-order chi connectivity index (χ1) is 10.1. The average Bonchev–Trinajstić information content (AvgIpc) is 2.81. The number of anilines is 2. The molecule has 1 aromatic carbocycles. The Morgan fingerprint density at radius 3 is 2.76 bits per heavy atom. The van der Waals surface area contributed by atoms with Crippen LogP contribution in [-0.4, -0.2) is 20.1 Å². The zero-order chi connectivity index (χ0) is 15.4.